The molecular formula is C17H31NO3. The highest BCUT2D eigenvalue weighted by molar-refractivity contribution is 5.85. The van der Waals surface area contributed by atoms with Crippen LogP contribution in [0.4, 0.5) is 0 Å². The molecule has 1 aliphatic carbocycles. The molecule has 0 saturated heterocycles. The van der Waals surface area contributed by atoms with E-state index in [2.05, 4.69) is 26.1 Å². The van der Waals surface area contributed by atoms with E-state index in [1.807, 2.05) is 13.8 Å². The van der Waals surface area contributed by atoms with Crippen LogP contribution in [0.5, 0.6) is 0 Å². The van der Waals surface area contributed by atoms with E-state index in [0.717, 1.165) is 12.8 Å². The average molecular weight is 297 g/mol. The second-order valence-corrected chi connectivity index (χ2v) is 7.46. The quantitative estimate of drug-likeness (QED) is 0.790. The molecule has 2 N–H and O–H groups in total. The molecule has 4 atom stereocenters. The molecule has 0 radical (unpaired) electrons. The van der Waals surface area contributed by atoms with Crippen molar-refractivity contribution in [3.8, 4) is 0 Å². The zero-order chi connectivity index (χ0) is 16.2. The Bertz CT molecular complexity index is 365. The Morgan fingerprint density at radius 1 is 1.19 bits per heavy atom. The van der Waals surface area contributed by atoms with Crippen LogP contribution in [-0.4, -0.2) is 23.0 Å². The monoisotopic (exact) mass is 297 g/mol. The highest BCUT2D eigenvalue weighted by Gasteiger charge is 2.36. The fourth-order valence-corrected chi connectivity index (χ4v) is 3.48. The third-order valence-electron chi connectivity index (χ3n) is 4.68. The third kappa shape index (κ3) is 5.33. The van der Waals surface area contributed by atoms with Crippen molar-refractivity contribution >= 4 is 11.9 Å². The fourth-order valence-electron chi connectivity index (χ4n) is 3.48. The van der Waals surface area contributed by atoms with E-state index < -0.39 is 12.0 Å². The lowest BCUT2D eigenvalue weighted by atomic mass is 9.69. The Morgan fingerprint density at radius 2 is 1.81 bits per heavy atom. The Morgan fingerprint density at radius 3 is 2.29 bits per heavy atom. The normalized spacial score (nSPS) is 27.7. The number of amides is 1. The number of carbonyl (C=O) groups is 2. The Labute approximate surface area is 128 Å². The minimum absolute atomic E-state index is 0.0391. The highest BCUT2D eigenvalue weighted by Crippen LogP contribution is 2.38. The first-order valence-electron chi connectivity index (χ1n) is 8.25. The van der Waals surface area contributed by atoms with Gasteiger partial charge in [0.15, 0.2) is 0 Å². The van der Waals surface area contributed by atoms with Crippen LogP contribution < -0.4 is 5.32 Å². The maximum Gasteiger partial charge on any atom is 0.326 e. The lowest BCUT2D eigenvalue weighted by molar-refractivity contribution is -0.143. The summed E-state index contributed by atoms with van der Waals surface area (Å²) < 4.78 is 0. The van der Waals surface area contributed by atoms with E-state index in [9.17, 15) is 14.7 Å². The number of carboxylic acid groups (broad SMARTS) is 1. The number of aliphatic carboxylic acids is 1. The highest BCUT2D eigenvalue weighted by atomic mass is 16.4. The Kier molecular flexibility index (Phi) is 6.69. The van der Waals surface area contributed by atoms with Gasteiger partial charge in [-0.05, 0) is 42.9 Å². The molecule has 1 amide bonds. The fraction of sp³-hybridized carbons (Fsp3) is 0.882. The van der Waals surface area contributed by atoms with Gasteiger partial charge in [-0.1, -0.05) is 41.0 Å². The van der Waals surface area contributed by atoms with Gasteiger partial charge in [-0.15, -0.1) is 0 Å². The van der Waals surface area contributed by atoms with Crippen molar-refractivity contribution in [2.75, 3.05) is 0 Å². The number of carboxylic acids is 1. The number of hydrogen-bond donors (Lipinski definition) is 2. The first kappa shape index (κ1) is 18.0. The van der Waals surface area contributed by atoms with Crippen LogP contribution in [-0.2, 0) is 9.59 Å². The molecule has 0 heterocycles. The largest absolute Gasteiger partial charge is 0.480 e. The summed E-state index contributed by atoms with van der Waals surface area (Å²) in [4.78, 5) is 23.9. The molecule has 21 heavy (non-hydrogen) atoms. The molecule has 0 aromatic carbocycles. The summed E-state index contributed by atoms with van der Waals surface area (Å²) in [6.45, 7) is 10.4. The van der Waals surface area contributed by atoms with Gasteiger partial charge in [0, 0.05) is 5.92 Å². The van der Waals surface area contributed by atoms with E-state index in [1.54, 1.807) is 0 Å². The standard InChI is InChI=1S/C17H31NO3/c1-10(2)8-15(17(20)21)18-16(19)14-9-12(5)6-7-13(14)11(3)4/h10-15H,6-9H2,1-5H3,(H,18,19)(H,20,21)/t12-,13+,14-,15-/m0/s1. The maximum atomic E-state index is 12.6. The van der Waals surface area contributed by atoms with Gasteiger partial charge in [-0.3, -0.25) is 4.79 Å². The van der Waals surface area contributed by atoms with Gasteiger partial charge in [0.05, 0.1) is 0 Å². The summed E-state index contributed by atoms with van der Waals surface area (Å²) in [5, 5.41) is 12.1. The minimum atomic E-state index is -0.929. The average Bonchev–Trinajstić information content (AvgIpc) is 2.36. The van der Waals surface area contributed by atoms with Crippen LogP contribution in [0.15, 0.2) is 0 Å². The number of carbonyl (C=O) groups excluding carboxylic acids is 1. The molecule has 0 aromatic rings. The van der Waals surface area contributed by atoms with Crippen molar-refractivity contribution in [2.45, 2.75) is 66.3 Å². The van der Waals surface area contributed by atoms with Crippen LogP contribution in [0.25, 0.3) is 0 Å². The summed E-state index contributed by atoms with van der Waals surface area (Å²) in [5.74, 6) is 0.594. The summed E-state index contributed by atoms with van der Waals surface area (Å²) in [7, 11) is 0. The molecule has 0 spiro atoms. The van der Waals surface area contributed by atoms with Gasteiger partial charge < -0.3 is 10.4 Å². The lowest BCUT2D eigenvalue weighted by Crippen LogP contribution is -2.47. The van der Waals surface area contributed by atoms with E-state index in [0.29, 0.717) is 24.2 Å². The Balaban J connectivity index is 2.75. The molecule has 0 unspecified atom stereocenters. The molecule has 0 aromatic heterocycles. The summed E-state index contributed by atoms with van der Waals surface area (Å²) >= 11 is 0. The zero-order valence-electron chi connectivity index (χ0n) is 14.1. The van der Waals surface area contributed by atoms with Gasteiger partial charge in [0.2, 0.25) is 5.91 Å². The van der Waals surface area contributed by atoms with Crippen LogP contribution in [0.3, 0.4) is 0 Å². The molecule has 122 valence electrons. The summed E-state index contributed by atoms with van der Waals surface area (Å²) in [6, 6.07) is -0.762. The second-order valence-electron chi connectivity index (χ2n) is 7.46. The molecule has 1 fully saturated rings. The van der Waals surface area contributed by atoms with Crippen LogP contribution in [0.1, 0.15) is 60.3 Å². The molecule has 1 rings (SSSR count). The smallest absolute Gasteiger partial charge is 0.326 e. The van der Waals surface area contributed by atoms with Crippen molar-refractivity contribution in [2.24, 2.45) is 29.6 Å². The van der Waals surface area contributed by atoms with Crippen LogP contribution in [0, 0.1) is 29.6 Å². The van der Waals surface area contributed by atoms with Crippen molar-refractivity contribution in [1.82, 2.24) is 5.32 Å². The molecule has 1 saturated carbocycles. The van der Waals surface area contributed by atoms with E-state index in [4.69, 9.17) is 0 Å². The first-order valence-corrected chi connectivity index (χ1v) is 8.25. The maximum absolute atomic E-state index is 12.6. The molecule has 0 bridgehead atoms. The van der Waals surface area contributed by atoms with Gasteiger partial charge in [-0.2, -0.15) is 0 Å². The Hall–Kier alpha value is -1.06. The van der Waals surface area contributed by atoms with Gasteiger partial charge in [-0.25, -0.2) is 4.79 Å². The predicted octanol–water partition coefficient (Wildman–Crippen LogP) is 3.31. The summed E-state index contributed by atoms with van der Waals surface area (Å²) in [5.41, 5.74) is 0. The van der Waals surface area contributed by atoms with Crippen molar-refractivity contribution in [1.29, 1.82) is 0 Å². The number of nitrogens with one attached hydrogen (secondary N) is 1. The predicted molar refractivity (Wildman–Crippen MR) is 83.9 cm³/mol. The molecule has 4 nitrogen and oxygen atoms in total. The molecule has 0 aliphatic heterocycles. The lowest BCUT2D eigenvalue weighted by Gasteiger charge is -2.37. The topological polar surface area (TPSA) is 66.4 Å². The van der Waals surface area contributed by atoms with Gasteiger partial charge in [0.1, 0.15) is 6.04 Å². The van der Waals surface area contributed by atoms with Gasteiger partial charge >= 0.3 is 5.97 Å². The van der Waals surface area contributed by atoms with Crippen molar-refractivity contribution in [3.05, 3.63) is 0 Å². The molecule has 4 heteroatoms. The van der Waals surface area contributed by atoms with Crippen molar-refractivity contribution in [3.63, 3.8) is 0 Å². The SMILES string of the molecule is CC(C)C[C@H](NC(=O)[C@H]1C[C@@H](C)CC[C@@H]1C(C)C)C(=O)O. The van der Waals surface area contributed by atoms with E-state index >= 15 is 0 Å². The molecule has 1 aliphatic rings. The first-order chi connectivity index (χ1) is 9.72. The number of rotatable bonds is 6. The van der Waals surface area contributed by atoms with Crippen LogP contribution in [0.2, 0.25) is 0 Å². The number of hydrogen-bond acceptors (Lipinski definition) is 2. The summed E-state index contributed by atoms with van der Waals surface area (Å²) in [6.07, 6.45) is 3.60. The van der Waals surface area contributed by atoms with Crippen LogP contribution >= 0.6 is 0 Å². The van der Waals surface area contributed by atoms with E-state index in [-0.39, 0.29) is 17.7 Å². The third-order valence-corrected chi connectivity index (χ3v) is 4.68. The minimum Gasteiger partial charge on any atom is -0.480 e. The molecular weight excluding hydrogens is 266 g/mol. The second kappa shape index (κ2) is 7.81. The van der Waals surface area contributed by atoms with E-state index in [1.165, 1.54) is 6.42 Å². The van der Waals surface area contributed by atoms with Gasteiger partial charge in [0.25, 0.3) is 0 Å². The van der Waals surface area contributed by atoms with Crippen molar-refractivity contribution < 1.29 is 14.7 Å². The zero-order valence-corrected chi connectivity index (χ0v) is 14.1.